The van der Waals surface area contributed by atoms with E-state index in [1.807, 2.05) is 0 Å². The predicted molar refractivity (Wildman–Crippen MR) is 114 cm³/mol. The van der Waals surface area contributed by atoms with Gasteiger partial charge in [0.2, 0.25) is 11.1 Å². The third kappa shape index (κ3) is 5.40. The van der Waals surface area contributed by atoms with Crippen LogP contribution >= 0.6 is 11.8 Å². The van der Waals surface area contributed by atoms with Crippen LogP contribution in [0.5, 0.6) is 5.75 Å². The maximum Gasteiger partial charge on any atom is 0.337 e. The van der Waals surface area contributed by atoms with Gasteiger partial charge in [0.25, 0.3) is 0 Å². The monoisotopic (exact) mass is 457 g/mol. The van der Waals surface area contributed by atoms with E-state index in [2.05, 4.69) is 20.8 Å². The topological polar surface area (TPSA) is 135 Å². The third-order valence-corrected chi connectivity index (χ3v) is 5.07. The molecule has 0 unspecified atom stereocenters. The molecule has 32 heavy (non-hydrogen) atoms. The van der Waals surface area contributed by atoms with Crippen molar-refractivity contribution in [2.75, 3.05) is 32.4 Å². The average Bonchev–Trinajstić information content (AvgIpc) is 3.30. The summed E-state index contributed by atoms with van der Waals surface area (Å²) in [6.07, 6.45) is 0. The van der Waals surface area contributed by atoms with E-state index >= 15 is 0 Å². The van der Waals surface area contributed by atoms with Crippen molar-refractivity contribution in [3.63, 3.8) is 0 Å². The first kappa shape index (κ1) is 22.7. The number of aromatic nitrogens is 4. The quantitative estimate of drug-likeness (QED) is 0.395. The van der Waals surface area contributed by atoms with Crippen LogP contribution in [0.25, 0.3) is 5.69 Å². The number of carbonyl (C=O) groups excluding carboxylic acids is 3. The number of ether oxygens (including phenoxy) is 3. The van der Waals surface area contributed by atoms with Gasteiger partial charge < -0.3 is 19.5 Å². The van der Waals surface area contributed by atoms with Crippen LogP contribution in [0.2, 0.25) is 0 Å². The maximum absolute atomic E-state index is 12.5. The molecule has 0 radical (unpaired) electrons. The zero-order valence-electron chi connectivity index (χ0n) is 17.4. The van der Waals surface area contributed by atoms with Crippen molar-refractivity contribution >= 4 is 35.3 Å². The lowest BCUT2D eigenvalue weighted by Gasteiger charge is -2.09. The summed E-state index contributed by atoms with van der Waals surface area (Å²) in [5.41, 5.74) is 1.14. The summed E-state index contributed by atoms with van der Waals surface area (Å²) in [5, 5.41) is 14.6. The van der Waals surface area contributed by atoms with E-state index < -0.39 is 17.8 Å². The van der Waals surface area contributed by atoms with Crippen LogP contribution in [0.1, 0.15) is 20.7 Å². The number of nitrogens with one attached hydrogen (secondary N) is 1. The highest BCUT2D eigenvalue weighted by atomic mass is 32.2. The van der Waals surface area contributed by atoms with Gasteiger partial charge in [-0.05, 0) is 52.9 Å². The second kappa shape index (κ2) is 10.4. The number of methoxy groups -OCH3 is 3. The van der Waals surface area contributed by atoms with Gasteiger partial charge in [-0.15, -0.1) is 5.10 Å². The van der Waals surface area contributed by atoms with Crippen LogP contribution in [-0.4, -0.2) is 65.1 Å². The minimum Gasteiger partial charge on any atom is -0.497 e. The number of rotatable bonds is 8. The van der Waals surface area contributed by atoms with E-state index in [4.69, 9.17) is 14.2 Å². The van der Waals surface area contributed by atoms with E-state index in [1.54, 1.807) is 31.4 Å². The molecule has 0 saturated carbocycles. The third-order valence-electron chi connectivity index (χ3n) is 4.15. The number of amides is 1. The lowest BCUT2D eigenvalue weighted by Crippen LogP contribution is -2.16. The Morgan fingerprint density at radius 2 is 1.59 bits per heavy atom. The van der Waals surface area contributed by atoms with Crippen LogP contribution in [0.15, 0.2) is 47.6 Å². The van der Waals surface area contributed by atoms with Crippen LogP contribution in [0.3, 0.4) is 0 Å². The second-order valence-corrected chi connectivity index (χ2v) is 7.13. The van der Waals surface area contributed by atoms with E-state index in [0.29, 0.717) is 16.6 Å². The first-order valence-corrected chi connectivity index (χ1v) is 10.1. The van der Waals surface area contributed by atoms with Gasteiger partial charge in [-0.25, -0.2) is 9.59 Å². The molecular formula is C20H19N5O6S. The second-order valence-electron chi connectivity index (χ2n) is 6.19. The van der Waals surface area contributed by atoms with Crippen molar-refractivity contribution in [1.29, 1.82) is 0 Å². The Balaban J connectivity index is 1.71. The van der Waals surface area contributed by atoms with Gasteiger partial charge in [-0.3, -0.25) is 4.79 Å². The first-order valence-electron chi connectivity index (χ1n) is 9.12. The van der Waals surface area contributed by atoms with Gasteiger partial charge in [-0.2, -0.15) is 4.68 Å². The average molecular weight is 457 g/mol. The Morgan fingerprint density at radius 3 is 2.16 bits per heavy atom. The van der Waals surface area contributed by atoms with Gasteiger partial charge in [0.15, 0.2) is 0 Å². The predicted octanol–water partition coefficient (Wildman–Crippen LogP) is 1.97. The standard InChI is InChI=1S/C20H19N5O6S/c1-29-16-6-4-15(5-7-16)25-20(22-23-24-25)32-11-17(26)21-14-9-12(18(27)30-2)8-13(10-14)19(28)31-3/h4-10H,11H2,1-3H3,(H,21,26). The molecule has 166 valence electrons. The number of carbonyl (C=O) groups is 3. The van der Waals surface area contributed by atoms with Gasteiger partial charge in [0.1, 0.15) is 5.75 Å². The van der Waals surface area contributed by atoms with Crippen molar-refractivity contribution < 1.29 is 28.6 Å². The van der Waals surface area contributed by atoms with Gasteiger partial charge in [-0.1, -0.05) is 11.8 Å². The van der Waals surface area contributed by atoms with Crippen molar-refractivity contribution in [3.8, 4) is 11.4 Å². The molecule has 0 atom stereocenters. The molecule has 11 nitrogen and oxygen atoms in total. The van der Waals surface area contributed by atoms with E-state index in [0.717, 1.165) is 11.8 Å². The van der Waals surface area contributed by atoms with Crippen LogP contribution in [0.4, 0.5) is 5.69 Å². The Hall–Kier alpha value is -3.93. The van der Waals surface area contributed by atoms with Gasteiger partial charge in [0, 0.05) is 5.69 Å². The molecule has 3 aromatic rings. The summed E-state index contributed by atoms with van der Waals surface area (Å²) >= 11 is 1.12. The minimum absolute atomic E-state index is 0.0213. The Labute approximate surface area is 187 Å². The SMILES string of the molecule is COC(=O)c1cc(NC(=O)CSc2nnnn2-c2ccc(OC)cc2)cc(C(=O)OC)c1. The number of benzene rings is 2. The molecule has 1 heterocycles. The highest BCUT2D eigenvalue weighted by molar-refractivity contribution is 7.99. The Morgan fingerprint density at radius 1 is 0.969 bits per heavy atom. The molecule has 0 bridgehead atoms. The van der Waals surface area contributed by atoms with Crippen molar-refractivity contribution in [1.82, 2.24) is 20.2 Å². The fourth-order valence-corrected chi connectivity index (χ4v) is 3.34. The normalized spacial score (nSPS) is 10.3. The van der Waals surface area contributed by atoms with Crippen LogP contribution in [-0.2, 0) is 14.3 Å². The Kier molecular flexibility index (Phi) is 7.39. The largest absolute Gasteiger partial charge is 0.497 e. The summed E-state index contributed by atoms with van der Waals surface area (Å²) in [7, 11) is 4.00. The molecule has 0 fully saturated rings. The highest BCUT2D eigenvalue weighted by Gasteiger charge is 2.16. The minimum atomic E-state index is -0.653. The molecule has 0 aliphatic carbocycles. The fourth-order valence-electron chi connectivity index (χ4n) is 2.65. The van der Waals surface area contributed by atoms with Crippen molar-refractivity contribution in [2.45, 2.75) is 5.16 Å². The van der Waals surface area contributed by atoms with Crippen molar-refractivity contribution in [2.24, 2.45) is 0 Å². The molecule has 3 rings (SSSR count). The molecular weight excluding hydrogens is 438 g/mol. The lowest BCUT2D eigenvalue weighted by molar-refractivity contribution is -0.113. The number of hydrogen-bond donors (Lipinski definition) is 1. The number of nitrogens with zero attached hydrogens (tertiary/aromatic N) is 4. The van der Waals surface area contributed by atoms with Crippen LogP contribution in [0, 0.1) is 0 Å². The molecule has 1 aromatic heterocycles. The number of hydrogen-bond acceptors (Lipinski definition) is 10. The zero-order chi connectivity index (χ0) is 23.1. The molecule has 0 aliphatic heterocycles. The molecule has 2 aromatic carbocycles. The Bertz CT molecular complexity index is 1100. The maximum atomic E-state index is 12.5. The number of anilines is 1. The fraction of sp³-hybridized carbons (Fsp3) is 0.200. The van der Waals surface area contributed by atoms with Gasteiger partial charge in [0.05, 0.1) is 43.9 Å². The van der Waals surface area contributed by atoms with Crippen molar-refractivity contribution in [3.05, 3.63) is 53.6 Å². The smallest absolute Gasteiger partial charge is 0.337 e. The number of thioether (sulfide) groups is 1. The summed E-state index contributed by atoms with van der Waals surface area (Å²) in [5.74, 6) is -1.03. The summed E-state index contributed by atoms with van der Waals surface area (Å²) in [4.78, 5) is 36.3. The summed E-state index contributed by atoms with van der Waals surface area (Å²) in [6.45, 7) is 0. The van der Waals surface area contributed by atoms with E-state index in [1.165, 1.54) is 37.1 Å². The highest BCUT2D eigenvalue weighted by Crippen LogP contribution is 2.21. The lowest BCUT2D eigenvalue weighted by atomic mass is 10.1. The molecule has 0 aliphatic rings. The summed E-state index contributed by atoms with van der Waals surface area (Å²) in [6, 6.07) is 11.2. The van der Waals surface area contributed by atoms with Crippen LogP contribution < -0.4 is 10.1 Å². The van der Waals surface area contributed by atoms with E-state index in [9.17, 15) is 14.4 Å². The number of tetrazole rings is 1. The molecule has 0 saturated heterocycles. The van der Waals surface area contributed by atoms with E-state index in [-0.39, 0.29) is 22.6 Å². The molecule has 0 spiro atoms. The summed E-state index contributed by atoms with van der Waals surface area (Å²) < 4.78 is 16.0. The number of esters is 2. The van der Waals surface area contributed by atoms with Gasteiger partial charge >= 0.3 is 11.9 Å². The first-order chi connectivity index (χ1) is 15.4. The molecule has 12 heteroatoms. The molecule has 1 N–H and O–H groups in total. The zero-order valence-corrected chi connectivity index (χ0v) is 18.2. The molecule has 1 amide bonds.